The zero-order valence-electron chi connectivity index (χ0n) is 16.2. The summed E-state index contributed by atoms with van der Waals surface area (Å²) in [6.45, 7) is 1.81. The van der Waals surface area contributed by atoms with Crippen molar-refractivity contribution in [3.63, 3.8) is 0 Å². The van der Waals surface area contributed by atoms with Crippen molar-refractivity contribution in [1.82, 2.24) is 4.90 Å². The Balaban J connectivity index is 2.56. The van der Waals surface area contributed by atoms with Crippen LogP contribution in [0, 0.1) is 10.1 Å². The minimum Gasteiger partial charge on any atom is -0.493 e. The fourth-order valence-corrected chi connectivity index (χ4v) is 2.94. The number of amides is 1. The van der Waals surface area contributed by atoms with Gasteiger partial charge >= 0.3 is 5.69 Å². The van der Waals surface area contributed by atoms with E-state index >= 15 is 0 Å². The highest BCUT2D eigenvalue weighted by Gasteiger charge is 2.34. The van der Waals surface area contributed by atoms with E-state index in [2.05, 4.69) is 0 Å². The van der Waals surface area contributed by atoms with Gasteiger partial charge < -0.3 is 19.1 Å². The van der Waals surface area contributed by atoms with Crippen LogP contribution < -0.4 is 14.2 Å². The zero-order chi connectivity index (χ0) is 21.0. The molecule has 9 heteroatoms. The van der Waals surface area contributed by atoms with Gasteiger partial charge in [0.25, 0.3) is 5.91 Å². The van der Waals surface area contributed by atoms with E-state index in [0.717, 1.165) is 5.56 Å². The quantitative estimate of drug-likeness (QED) is 0.505. The number of nitro groups is 1. The Morgan fingerprint density at radius 2 is 1.68 bits per heavy atom. The van der Waals surface area contributed by atoms with Crippen LogP contribution in [0.2, 0.25) is 5.02 Å². The molecule has 0 N–H and O–H groups in total. The predicted octanol–water partition coefficient (Wildman–Crippen LogP) is 4.11. The Morgan fingerprint density at radius 3 is 2.14 bits per heavy atom. The number of methoxy groups -OCH3 is 3. The van der Waals surface area contributed by atoms with E-state index in [1.165, 1.54) is 32.3 Å². The average molecular weight is 409 g/mol. The molecule has 8 nitrogen and oxygen atoms in total. The smallest absolute Gasteiger partial charge is 0.327 e. The number of carbonyl (C=O) groups excluding carboxylic acids is 1. The molecule has 0 radical (unpaired) electrons. The van der Waals surface area contributed by atoms with Crippen molar-refractivity contribution in [3.05, 3.63) is 56.6 Å². The normalized spacial score (nSPS) is 11.5. The summed E-state index contributed by atoms with van der Waals surface area (Å²) in [5.41, 5.74) is 0.179. The van der Waals surface area contributed by atoms with Crippen LogP contribution in [0.15, 0.2) is 30.3 Å². The molecule has 150 valence electrons. The van der Waals surface area contributed by atoms with Crippen LogP contribution in [0.1, 0.15) is 28.9 Å². The van der Waals surface area contributed by atoms with Crippen molar-refractivity contribution in [1.29, 1.82) is 0 Å². The Kier molecular flexibility index (Phi) is 6.69. The molecule has 2 aromatic rings. The molecule has 1 unspecified atom stereocenters. The fourth-order valence-electron chi connectivity index (χ4n) is 2.82. The lowest BCUT2D eigenvalue weighted by Crippen LogP contribution is -2.30. The van der Waals surface area contributed by atoms with Gasteiger partial charge in [0.15, 0.2) is 5.75 Å². The second-order valence-corrected chi connectivity index (χ2v) is 6.38. The minimum absolute atomic E-state index is 0.0432. The van der Waals surface area contributed by atoms with Gasteiger partial charge in [-0.1, -0.05) is 23.7 Å². The molecule has 2 rings (SSSR count). The number of nitro benzene ring substituents is 1. The SMILES string of the molecule is COc1cc(C(=O)N(C)C(C)c2ccc(Cl)cc2)c([N+](=O)[O-])c(OC)c1OC. The van der Waals surface area contributed by atoms with Crippen molar-refractivity contribution in [3.8, 4) is 17.2 Å². The van der Waals surface area contributed by atoms with Crippen molar-refractivity contribution in [2.45, 2.75) is 13.0 Å². The minimum atomic E-state index is -0.672. The topological polar surface area (TPSA) is 91.1 Å². The van der Waals surface area contributed by atoms with E-state index in [-0.39, 0.29) is 28.9 Å². The third kappa shape index (κ3) is 3.96. The van der Waals surface area contributed by atoms with Gasteiger partial charge in [0.05, 0.1) is 32.3 Å². The number of carbonyl (C=O) groups is 1. The summed E-state index contributed by atoms with van der Waals surface area (Å²) < 4.78 is 15.6. The maximum absolute atomic E-state index is 13.1. The van der Waals surface area contributed by atoms with Crippen molar-refractivity contribution < 1.29 is 23.9 Å². The lowest BCUT2D eigenvalue weighted by molar-refractivity contribution is -0.386. The van der Waals surface area contributed by atoms with E-state index in [0.29, 0.717) is 5.02 Å². The van der Waals surface area contributed by atoms with Crippen LogP contribution in [0.4, 0.5) is 5.69 Å². The second-order valence-electron chi connectivity index (χ2n) is 5.94. The molecule has 0 saturated carbocycles. The highest BCUT2D eigenvalue weighted by molar-refractivity contribution is 6.30. The highest BCUT2D eigenvalue weighted by atomic mass is 35.5. The molecule has 1 atom stereocenters. The largest absolute Gasteiger partial charge is 0.493 e. The summed E-state index contributed by atoms with van der Waals surface area (Å²) in [6, 6.07) is 7.94. The van der Waals surface area contributed by atoms with Crippen LogP contribution in [-0.2, 0) is 0 Å². The maximum atomic E-state index is 13.1. The third-order valence-corrected chi connectivity index (χ3v) is 4.72. The van der Waals surface area contributed by atoms with E-state index < -0.39 is 16.5 Å². The molecule has 28 heavy (non-hydrogen) atoms. The molecule has 0 heterocycles. The molecule has 0 saturated heterocycles. The number of halogens is 1. The van der Waals surface area contributed by atoms with Gasteiger partial charge in [-0.2, -0.15) is 0 Å². The molecule has 0 bridgehead atoms. The maximum Gasteiger partial charge on any atom is 0.327 e. The summed E-state index contributed by atoms with van der Waals surface area (Å²) >= 11 is 5.91. The van der Waals surface area contributed by atoms with Crippen LogP contribution >= 0.6 is 11.6 Å². The van der Waals surface area contributed by atoms with E-state index in [1.54, 1.807) is 31.3 Å². The van der Waals surface area contributed by atoms with E-state index in [4.69, 9.17) is 25.8 Å². The summed E-state index contributed by atoms with van der Waals surface area (Å²) in [7, 11) is 5.53. The molecular weight excluding hydrogens is 388 g/mol. The second kappa shape index (κ2) is 8.79. The molecule has 0 aliphatic carbocycles. The number of hydrogen-bond donors (Lipinski definition) is 0. The summed E-state index contributed by atoms with van der Waals surface area (Å²) in [5.74, 6) is -0.543. The number of nitrogens with zero attached hydrogens (tertiary/aromatic N) is 2. The average Bonchev–Trinajstić information content (AvgIpc) is 2.70. The lowest BCUT2D eigenvalue weighted by atomic mass is 10.0. The van der Waals surface area contributed by atoms with Gasteiger partial charge in [0.2, 0.25) is 11.5 Å². The molecule has 0 fully saturated rings. The first-order chi connectivity index (χ1) is 13.3. The molecule has 0 aliphatic heterocycles. The van der Waals surface area contributed by atoms with Crippen molar-refractivity contribution in [2.24, 2.45) is 0 Å². The molecule has 0 spiro atoms. The van der Waals surface area contributed by atoms with Gasteiger partial charge in [0, 0.05) is 18.1 Å². The fraction of sp³-hybridized carbons (Fsp3) is 0.316. The van der Waals surface area contributed by atoms with E-state index in [1.807, 2.05) is 6.92 Å². The number of rotatable bonds is 7. The van der Waals surface area contributed by atoms with Crippen LogP contribution in [0.3, 0.4) is 0 Å². The van der Waals surface area contributed by atoms with Crippen LogP contribution in [0.25, 0.3) is 0 Å². The van der Waals surface area contributed by atoms with Gasteiger partial charge in [-0.05, 0) is 24.6 Å². The Labute approximate surface area is 167 Å². The Hall–Kier alpha value is -3.00. The molecule has 0 aromatic heterocycles. The predicted molar refractivity (Wildman–Crippen MR) is 105 cm³/mol. The monoisotopic (exact) mass is 408 g/mol. The van der Waals surface area contributed by atoms with Crippen molar-refractivity contribution in [2.75, 3.05) is 28.4 Å². The Morgan fingerprint density at radius 1 is 1.11 bits per heavy atom. The van der Waals surface area contributed by atoms with Gasteiger partial charge in [0.1, 0.15) is 5.56 Å². The van der Waals surface area contributed by atoms with Gasteiger partial charge in [-0.3, -0.25) is 14.9 Å². The molecule has 0 aliphatic rings. The molecular formula is C19H21ClN2O6. The standard InChI is InChI=1S/C19H21ClN2O6/c1-11(12-6-8-13(20)9-7-12)21(2)19(23)14-10-15(26-3)17(27-4)18(28-5)16(14)22(24)25/h6-11H,1-5H3. The Bertz CT molecular complexity index is 885. The first kappa shape index (κ1) is 21.3. The van der Waals surface area contributed by atoms with Gasteiger partial charge in [-0.25, -0.2) is 0 Å². The molecule has 2 aromatic carbocycles. The number of benzene rings is 2. The summed E-state index contributed by atoms with van der Waals surface area (Å²) in [5, 5.41) is 12.3. The lowest BCUT2D eigenvalue weighted by Gasteiger charge is -2.26. The first-order valence-corrected chi connectivity index (χ1v) is 8.64. The van der Waals surface area contributed by atoms with E-state index in [9.17, 15) is 14.9 Å². The van der Waals surface area contributed by atoms with Crippen LogP contribution in [0.5, 0.6) is 17.2 Å². The number of hydrogen-bond acceptors (Lipinski definition) is 6. The third-order valence-electron chi connectivity index (χ3n) is 4.47. The van der Waals surface area contributed by atoms with Crippen LogP contribution in [-0.4, -0.2) is 44.1 Å². The molecule has 1 amide bonds. The zero-order valence-corrected chi connectivity index (χ0v) is 16.9. The summed E-state index contributed by atoms with van der Waals surface area (Å²) in [6.07, 6.45) is 0. The highest BCUT2D eigenvalue weighted by Crippen LogP contribution is 2.46. The van der Waals surface area contributed by atoms with Gasteiger partial charge in [-0.15, -0.1) is 0 Å². The summed E-state index contributed by atoms with van der Waals surface area (Å²) in [4.78, 5) is 25.6. The first-order valence-electron chi connectivity index (χ1n) is 8.26. The van der Waals surface area contributed by atoms with Crippen molar-refractivity contribution >= 4 is 23.2 Å². The number of ether oxygens (including phenoxy) is 3.